The van der Waals surface area contributed by atoms with Crippen molar-refractivity contribution in [3.8, 4) is 5.75 Å². The zero-order chi connectivity index (χ0) is 21.8. The molecule has 3 aromatic rings. The highest BCUT2D eigenvalue weighted by Gasteiger charge is 2.21. The van der Waals surface area contributed by atoms with Crippen molar-refractivity contribution in [1.82, 2.24) is 5.32 Å². The van der Waals surface area contributed by atoms with Gasteiger partial charge >= 0.3 is 0 Å². The van der Waals surface area contributed by atoms with Gasteiger partial charge < -0.3 is 10.1 Å². The lowest BCUT2D eigenvalue weighted by Gasteiger charge is -2.25. The van der Waals surface area contributed by atoms with Gasteiger partial charge in [-0.3, -0.25) is 9.52 Å². The van der Waals surface area contributed by atoms with Crippen LogP contribution >= 0.6 is 0 Å². The van der Waals surface area contributed by atoms with Crippen molar-refractivity contribution in [2.24, 2.45) is 5.92 Å². The number of carbonyl (C=O) groups excluding carboxylic acids is 1. The van der Waals surface area contributed by atoms with Crippen molar-refractivity contribution >= 4 is 21.6 Å². The lowest BCUT2D eigenvalue weighted by atomic mass is 9.96. The molecule has 0 bridgehead atoms. The maximum absolute atomic E-state index is 12.6. The van der Waals surface area contributed by atoms with Crippen LogP contribution in [0.1, 0.15) is 21.5 Å². The Morgan fingerprint density at radius 1 is 1.00 bits per heavy atom. The maximum atomic E-state index is 12.6. The van der Waals surface area contributed by atoms with Crippen molar-refractivity contribution in [3.05, 3.63) is 89.5 Å². The number of benzene rings is 3. The number of amides is 1. The van der Waals surface area contributed by atoms with Gasteiger partial charge in [-0.05, 0) is 60.9 Å². The van der Waals surface area contributed by atoms with Crippen LogP contribution in [0.15, 0.2) is 77.7 Å². The van der Waals surface area contributed by atoms with Crippen molar-refractivity contribution in [3.63, 3.8) is 0 Å². The zero-order valence-corrected chi connectivity index (χ0v) is 18.0. The second kappa shape index (κ2) is 8.81. The lowest BCUT2D eigenvalue weighted by molar-refractivity contribution is 0.0939. The van der Waals surface area contributed by atoms with Crippen LogP contribution in [0.5, 0.6) is 5.75 Å². The first-order valence-electron chi connectivity index (χ1n) is 10.1. The molecule has 7 heteroatoms. The predicted molar refractivity (Wildman–Crippen MR) is 120 cm³/mol. The molecule has 1 atom stereocenters. The molecule has 31 heavy (non-hydrogen) atoms. The van der Waals surface area contributed by atoms with E-state index in [4.69, 9.17) is 4.74 Å². The van der Waals surface area contributed by atoms with Crippen LogP contribution in [0.25, 0.3) is 0 Å². The quantitative estimate of drug-likeness (QED) is 0.616. The predicted octanol–water partition coefficient (Wildman–Crippen LogP) is 3.78. The number of hydrogen-bond donors (Lipinski definition) is 2. The largest absolute Gasteiger partial charge is 0.493 e. The van der Waals surface area contributed by atoms with E-state index in [1.54, 1.807) is 12.1 Å². The van der Waals surface area contributed by atoms with Gasteiger partial charge in [-0.15, -0.1) is 0 Å². The Hall–Kier alpha value is -3.32. The van der Waals surface area contributed by atoms with Crippen molar-refractivity contribution in [2.45, 2.75) is 18.2 Å². The van der Waals surface area contributed by atoms with Gasteiger partial charge in [0.1, 0.15) is 5.75 Å². The fourth-order valence-corrected chi connectivity index (χ4v) is 4.67. The summed E-state index contributed by atoms with van der Waals surface area (Å²) in [5, 5.41) is 2.92. The monoisotopic (exact) mass is 436 g/mol. The molecule has 0 saturated carbocycles. The number of anilines is 1. The number of carbonyl (C=O) groups is 1. The summed E-state index contributed by atoms with van der Waals surface area (Å²) in [6.07, 6.45) is 0.845. The molecule has 6 nitrogen and oxygen atoms in total. The van der Waals surface area contributed by atoms with E-state index >= 15 is 0 Å². The van der Waals surface area contributed by atoms with E-state index in [2.05, 4.69) is 10.0 Å². The van der Waals surface area contributed by atoms with E-state index in [1.807, 2.05) is 43.3 Å². The molecule has 0 saturated heterocycles. The van der Waals surface area contributed by atoms with Crippen LogP contribution in [-0.4, -0.2) is 27.5 Å². The third kappa shape index (κ3) is 4.88. The van der Waals surface area contributed by atoms with Crippen molar-refractivity contribution < 1.29 is 17.9 Å². The van der Waals surface area contributed by atoms with E-state index in [0.29, 0.717) is 24.4 Å². The Morgan fingerprint density at radius 3 is 2.48 bits per heavy atom. The maximum Gasteiger partial charge on any atom is 0.261 e. The molecule has 0 aliphatic carbocycles. The van der Waals surface area contributed by atoms with Crippen LogP contribution in [0.3, 0.4) is 0 Å². The summed E-state index contributed by atoms with van der Waals surface area (Å²) in [6.45, 7) is 2.88. The third-order valence-corrected chi connectivity index (χ3v) is 6.70. The first kappa shape index (κ1) is 20.9. The number of fused-ring (bicyclic) bond motifs is 1. The van der Waals surface area contributed by atoms with Crippen LogP contribution in [0, 0.1) is 12.8 Å². The van der Waals surface area contributed by atoms with Gasteiger partial charge in [0, 0.05) is 18.0 Å². The van der Waals surface area contributed by atoms with Gasteiger partial charge in [0.15, 0.2) is 0 Å². The molecular formula is C24H24N2O4S. The molecule has 1 aliphatic heterocycles. The van der Waals surface area contributed by atoms with E-state index in [9.17, 15) is 13.2 Å². The summed E-state index contributed by atoms with van der Waals surface area (Å²) >= 11 is 0. The van der Waals surface area contributed by atoms with E-state index in [0.717, 1.165) is 23.3 Å². The van der Waals surface area contributed by atoms with Gasteiger partial charge in [0.05, 0.1) is 17.2 Å². The zero-order valence-electron chi connectivity index (χ0n) is 17.2. The third-order valence-electron chi connectivity index (χ3n) is 5.32. The summed E-state index contributed by atoms with van der Waals surface area (Å²) in [5.41, 5.74) is 2.91. The van der Waals surface area contributed by atoms with Gasteiger partial charge in [0.25, 0.3) is 15.9 Å². The second-order valence-electron chi connectivity index (χ2n) is 7.64. The summed E-state index contributed by atoms with van der Waals surface area (Å²) < 4.78 is 33.6. The van der Waals surface area contributed by atoms with Gasteiger partial charge in [0.2, 0.25) is 0 Å². The van der Waals surface area contributed by atoms with Gasteiger partial charge in [-0.1, -0.05) is 36.4 Å². The normalized spacial score (nSPS) is 15.5. The number of sulfonamides is 1. The molecule has 1 amide bonds. The topological polar surface area (TPSA) is 84.5 Å². The first-order valence-corrected chi connectivity index (χ1v) is 11.6. The molecule has 0 aromatic heterocycles. The Morgan fingerprint density at radius 2 is 1.71 bits per heavy atom. The van der Waals surface area contributed by atoms with E-state index in [-0.39, 0.29) is 16.7 Å². The summed E-state index contributed by atoms with van der Waals surface area (Å²) in [7, 11) is -3.73. The minimum atomic E-state index is -3.73. The minimum absolute atomic E-state index is 0.101. The molecule has 2 N–H and O–H groups in total. The number of para-hydroxylation sites is 2. The van der Waals surface area contributed by atoms with Crippen LogP contribution in [0.4, 0.5) is 5.69 Å². The molecule has 3 aromatic carbocycles. The van der Waals surface area contributed by atoms with Gasteiger partial charge in [-0.25, -0.2) is 8.42 Å². The average molecular weight is 437 g/mol. The summed E-state index contributed by atoms with van der Waals surface area (Å²) in [5.74, 6) is 0.854. The fraction of sp³-hybridized carbons (Fsp3) is 0.208. The summed E-state index contributed by atoms with van der Waals surface area (Å²) in [4.78, 5) is 12.6. The molecule has 1 aliphatic rings. The van der Waals surface area contributed by atoms with Crippen molar-refractivity contribution in [1.29, 1.82) is 0 Å². The lowest BCUT2D eigenvalue weighted by Crippen LogP contribution is -2.34. The molecule has 0 spiro atoms. The first-order chi connectivity index (χ1) is 14.9. The van der Waals surface area contributed by atoms with Crippen LogP contribution in [0.2, 0.25) is 0 Å². The Balaban J connectivity index is 1.36. The molecule has 0 fully saturated rings. The van der Waals surface area contributed by atoms with E-state index in [1.165, 1.54) is 24.3 Å². The number of ether oxygens (including phenoxy) is 1. The van der Waals surface area contributed by atoms with Crippen LogP contribution < -0.4 is 14.8 Å². The SMILES string of the molecule is Cc1ccccc1NS(=O)(=O)c1ccc(C(=O)NCC2COc3ccccc3C2)cc1. The smallest absolute Gasteiger partial charge is 0.261 e. The Bertz CT molecular complexity index is 1190. The highest BCUT2D eigenvalue weighted by Crippen LogP contribution is 2.26. The van der Waals surface area contributed by atoms with Gasteiger partial charge in [-0.2, -0.15) is 0 Å². The molecule has 0 radical (unpaired) electrons. The molecule has 1 heterocycles. The minimum Gasteiger partial charge on any atom is -0.493 e. The number of aryl methyl sites for hydroxylation is 1. The number of nitrogens with one attached hydrogen (secondary N) is 2. The van der Waals surface area contributed by atoms with E-state index < -0.39 is 10.0 Å². The highest BCUT2D eigenvalue weighted by atomic mass is 32.2. The number of rotatable bonds is 6. The Labute approximate surface area is 182 Å². The standard InChI is InChI=1S/C24H24N2O4S/c1-17-6-2-4-8-22(17)26-31(28,29)21-12-10-19(11-13-21)24(27)25-15-18-14-20-7-3-5-9-23(20)30-16-18/h2-13,18,26H,14-16H2,1H3,(H,25,27). The second-order valence-corrected chi connectivity index (χ2v) is 9.33. The summed E-state index contributed by atoms with van der Waals surface area (Å²) in [6, 6.07) is 21.0. The molecule has 160 valence electrons. The molecule has 4 rings (SSSR count). The molecular weight excluding hydrogens is 412 g/mol. The number of hydrogen-bond acceptors (Lipinski definition) is 4. The van der Waals surface area contributed by atoms with Crippen molar-refractivity contribution in [2.75, 3.05) is 17.9 Å². The fourth-order valence-electron chi connectivity index (χ4n) is 3.54. The average Bonchev–Trinajstić information content (AvgIpc) is 2.79. The molecule has 1 unspecified atom stereocenters. The Kier molecular flexibility index (Phi) is 5.95. The van der Waals surface area contributed by atoms with Crippen LogP contribution in [-0.2, 0) is 16.4 Å². The highest BCUT2D eigenvalue weighted by molar-refractivity contribution is 7.92.